The molecule has 0 aliphatic rings. The van der Waals surface area contributed by atoms with E-state index in [1.165, 1.54) is 33.0 Å². The summed E-state index contributed by atoms with van der Waals surface area (Å²) in [7, 11) is 0. The van der Waals surface area contributed by atoms with E-state index in [-0.39, 0.29) is 0 Å². The Hall–Kier alpha value is -7.75. The molecule has 0 spiro atoms. The van der Waals surface area contributed by atoms with Gasteiger partial charge in [0.15, 0.2) is 17.5 Å². The molecule has 0 radical (unpaired) electrons. The summed E-state index contributed by atoms with van der Waals surface area (Å²) in [6.07, 6.45) is 0. The zero-order chi connectivity index (χ0) is 38.4. The van der Waals surface area contributed by atoms with Crippen LogP contribution in [0.2, 0.25) is 0 Å². The molecule has 0 saturated carbocycles. The predicted molar refractivity (Wildman–Crippen MR) is 242 cm³/mol. The lowest BCUT2D eigenvalue weighted by Gasteiger charge is -2.14. The number of nitrogens with zero attached hydrogens (tertiary/aromatic N) is 3. The molecule has 0 fully saturated rings. The Labute approximate surface area is 336 Å². The second-order valence-corrected chi connectivity index (χ2v) is 14.8. The second-order valence-electron chi connectivity index (χ2n) is 14.8. The van der Waals surface area contributed by atoms with Crippen molar-refractivity contribution >= 4 is 43.1 Å². The van der Waals surface area contributed by atoms with Gasteiger partial charge in [-0.05, 0) is 107 Å². The van der Waals surface area contributed by atoms with E-state index in [0.717, 1.165) is 60.1 Å². The van der Waals surface area contributed by atoms with E-state index in [4.69, 9.17) is 15.0 Å². The molecule has 0 N–H and O–H groups in total. The molecule has 3 nitrogen and oxygen atoms in total. The fraction of sp³-hybridized carbons (Fsp3) is 0. The van der Waals surface area contributed by atoms with Crippen LogP contribution in [0.1, 0.15) is 0 Å². The third-order valence-electron chi connectivity index (χ3n) is 11.3. The molecule has 0 unspecified atom stereocenters. The van der Waals surface area contributed by atoms with Gasteiger partial charge in [-0.3, -0.25) is 0 Å². The minimum atomic E-state index is 0.632. The normalized spacial score (nSPS) is 11.4. The van der Waals surface area contributed by atoms with E-state index >= 15 is 0 Å². The molecule has 11 rings (SSSR count). The van der Waals surface area contributed by atoms with E-state index in [9.17, 15) is 0 Å². The van der Waals surface area contributed by atoms with Crippen molar-refractivity contribution in [3.63, 3.8) is 0 Å². The van der Waals surface area contributed by atoms with Gasteiger partial charge in [-0.25, -0.2) is 15.0 Å². The summed E-state index contributed by atoms with van der Waals surface area (Å²) in [6.45, 7) is 0. The van der Waals surface area contributed by atoms with Crippen molar-refractivity contribution in [2.75, 3.05) is 0 Å². The molecule has 0 saturated heterocycles. The maximum Gasteiger partial charge on any atom is 0.164 e. The zero-order valence-corrected chi connectivity index (χ0v) is 31.5. The lowest BCUT2D eigenvalue weighted by Crippen LogP contribution is -2.01. The Kier molecular flexibility index (Phi) is 8.15. The van der Waals surface area contributed by atoms with Crippen LogP contribution in [0.15, 0.2) is 212 Å². The summed E-state index contributed by atoms with van der Waals surface area (Å²) in [6, 6.07) is 75.4. The number of hydrogen-bond acceptors (Lipinski definition) is 3. The lowest BCUT2D eigenvalue weighted by atomic mass is 9.95. The van der Waals surface area contributed by atoms with Crippen molar-refractivity contribution in [3.8, 4) is 67.5 Å². The summed E-state index contributed by atoms with van der Waals surface area (Å²) < 4.78 is 0. The molecule has 0 atom stereocenters. The van der Waals surface area contributed by atoms with Gasteiger partial charge in [0.2, 0.25) is 0 Å². The van der Waals surface area contributed by atoms with Crippen molar-refractivity contribution in [1.82, 2.24) is 15.0 Å². The van der Waals surface area contributed by atoms with E-state index < -0.39 is 0 Å². The summed E-state index contributed by atoms with van der Waals surface area (Å²) in [5, 5.41) is 9.22. The molecule has 1 heterocycles. The van der Waals surface area contributed by atoms with Gasteiger partial charge in [-0.2, -0.15) is 0 Å². The second kappa shape index (κ2) is 14.1. The van der Waals surface area contributed by atoms with Gasteiger partial charge < -0.3 is 0 Å². The maximum absolute atomic E-state index is 5.33. The number of aromatic nitrogens is 3. The van der Waals surface area contributed by atoms with Gasteiger partial charge >= 0.3 is 0 Å². The summed E-state index contributed by atoms with van der Waals surface area (Å²) in [5.74, 6) is 1.91. The smallest absolute Gasteiger partial charge is 0.164 e. The monoisotopic (exact) mass is 737 g/mol. The van der Waals surface area contributed by atoms with Gasteiger partial charge in [-0.15, -0.1) is 0 Å². The van der Waals surface area contributed by atoms with Crippen molar-refractivity contribution in [1.29, 1.82) is 0 Å². The Bertz CT molecular complexity index is 3330. The molecule has 10 aromatic carbocycles. The van der Waals surface area contributed by atoms with Crippen LogP contribution >= 0.6 is 0 Å². The number of fused-ring (bicyclic) bond motifs is 4. The van der Waals surface area contributed by atoms with Crippen LogP contribution in [0.25, 0.3) is 111 Å². The first-order valence-corrected chi connectivity index (χ1v) is 19.7. The Morgan fingerprint density at radius 3 is 1.41 bits per heavy atom. The fourth-order valence-electron chi connectivity index (χ4n) is 8.36. The summed E-state index contributed by atoms with van der Waals surface area (Å²) in [5.41, 5.74) is 9.90. The van der Waals surface area contributed by atoms with Crippen LogP contribution in [0.3, 0.4) is 0 Å². The molecule has 1 aromatic heterocycles. The van der Waals surface area contributed by atoms with Gasteiger partial charge in [0.1, 0.15) is 0 Å². The minimum absolute atomic E-state index is 0.632. The number of rotatable bonds is 6. The van der Waals surface area contributed by atoms with Gasteiger partial charge in [-0.1, -0.05) is 182 Å². The quantitative estimate of drug-likeness (QED) is 0.171. The fourth-order valence-corrected chi connectivity index (χ4v) is 8.36. The highest BCUT2D eigenvalue weighted by Gasteiger charge is 2.18. The van der Waals surface area contributed by atoms with E-state index in [2.05, 4.69) is 212 Å². The maximum atomic E-state index is 5.33. The summed E-state index contributed by atoms with van der Waals surface area (Å²) in [4.78, 5) is 15.9. The Morgan fingerprint density at radius 2 is 0.672 bits per heavy atom. The van der Waals surface area contributed by atoms with E-state index in [0.29, 0.717) is 17.5 Å². The predicted octanol–water partition coefficient (Wildman–Crippen LogP) is 14.5. The highest BCUT2D eigenvalue weighted by Crippen LogP contribution is 2.37. The molecule has 0 aliphatic carbocycles. The van der Waals surface area contributed by atoms with Gasteiger partial charge in [0, 0.05) is 16.7 Å². The minimum Gasteiger partial charge on any atom is -0.208 e. The number of benzene rings is 10. The molecule has 58 heavy (non-hydrogen) atoms. The Morgan fingerprint density at radius 1 is 0.207 bits per heavy atom. The van der Waals surface area contributed by atoms with Crippen LogP contribution in [0, 0.1) is 0 Å². The topological polar surface area (TPSA) is 38.7 Å². The van der Waals surface area contributed by atoms with Crippen molar-refractivity contribution < 1.29 is 0 Å². The highest BCUT2D eigenvalue weighted by atomic mass is 15.0. The molecule has 0 aliphatic heterocycles. The molecule has 11 aromatic rings. The summed E-state index contributed by atoms with van der Waals surface area (Å²) >= 11 is 0. The van der Waals surface area contributed by atoms with Crippen molar-refractivity contribution in [2.24, 2.45) is 0 Å². The Balaban J connectivity index is 1.10. The first kappa shape index (κ1) is 33.6. The molecular weight excluding hydrogens is 703 g/mol. The van der Waals surface area contributed by atoms with Crippen LogP contribution in [0.5, 0.6) is 0 Å². The first-order valence-electron chi connectivity index (χ1n) is 19.7. The van der Waals surface area contributed by atoms with Gasteiger partial charge in [0.25, 0.3) is 0 Å². The van der Waals surface area contributed by atoms with Gasteiger partial charge in [0.05, 0.1) is 0 Å². The van der Waals surface area contributed by atoms with E-state index in [1.807, 2.05) is 0 Å². The van der Waals surface area contributed by atoms with Crippen LogP contribution in [-0.4, -0.2) is 15.0 Å². The average molecular weight is 738 g/mol. The van der Waals surface area contributed by atoms with Crippen LogP contribution in [-0.2, 0) is 0 Å². The van der Waals surface area contributed by atoms with Crippen molar-refractivity contribution in [3.05, 3.63) is 212 Å². The van der Waals surface area contributed by atoms with Crippen molar-refractivity contribution in [2.45, 2.75) is 0 Å². The molecule has 0 bridgehead atoms. The first-order chi connectivity index (χ1) is 28.7. The molecule has 3 heteroatoms. The third-order valence-corrected chi connectivity index (χ3v) is 11.3. The molecular formula is C55H35N3. The average Bonchev–Trinajstić information content (AvgIpc) is 3.30. The zero-order valence-electron chi connectivity index (χ0n) is 31.5. The molecule has 270 valence electrons. The third kappa shape index (κ3) is 6.07. The highest BCUT2D eigenvalue weighted by molar-refractivity contribution is 6.02. The largest absolute Gasteiger partial charge is 0.208 e. The lowest BCUT2D eigenvalue weighted by molar-refractivity contribution is 1.08. The van der Waals surface area contributed by atoms with Crippen LogP contribution < -0.4 is 0 Å². The van der Waals surface area contributed by atoms with Crippen LogP contribution in [0.4, 0.5) is 0 Å². The molecule has 0 amide bonds. The van der Waals surface area contributed by atoms with E-state index in [1.54, 1.807) is 0 Å². The SMILES string of the molecule is c1ccc(-c2ccc3c(-c4nc(-c5ccc6cc(-c7cccc8ccccc78)ccc6c5)nc(-c5cc(-c6ccccc6)cc6ccccc56)n4)cccc3c2)cc1. The number of hydrogen-bond donors (Lipinski definition) is 0. The standard InChI is InChI=1S/C55H35N3/c1-3-13-36(14-4-1)39-29-30-50-43(31-39)20-12-24-51(50)54-56-53(57-55(58-54)52-35-46(37-15-5-2-6-16-37)34-42-18-8-10-22-49(42)52)45-28-26-40-32-44(27-25-41(40)33-45)48-23-11-19-38-17-7-9-21-47(38)48/h1-35H.